The van der Waals surface area contributed by atoms with Gasteiger partial charge in [0.1, 0.15) is 5.82 Å². The van der Waals surface area contributed by atoms with E-state index in [-0.39, 0.29) is 17.1 Å². The molecule has 22 heavy (non-hydrogen) atoms. The lowest BCUT2D eigenvalue weighted by atomic mass is 10.1. The SMILES string of the molecule is Cc1cc(C(F)(F)F)c(C)nc1-n1c(=O)cc(C)n(C)c1=O. The van der Waals surface area contributed by atoms with Gasteiger partial charge < -0.3 is 4.57 Å². The Balaban J connectivity index is 2.82. The molecule has 0 aliphatic rings. The molecular formula is C14H14F3N3O2. The van der Waals surface area contributed by atoms with Crippen molar-refractivity contribution < 1.29 is 13.2 Å². The molecule has 0 aliphatic heterocycles. The summed E-state index contributed by atoms with van der Waals surface area (Å²) in [6.07, 6.45) is -4.54. The molecule has 2 rings (SSSR count). The summed E-state index contributed by atoms with van der Waals surface area (Å²) in [6.45, 7) is 4.16. The van der Waals surface area contributed by atoms with Crippen LogP contribution in [0.2, 0.25) is 0 Å². The average Bonchev–Trinajstić information content (AvgIpc) is 2.38. The van der Waals surface area contributed by atoms with Crippen molar-refractivity contribution in [1.29, 1.82) is 0 Å². The normalized spacial score (nSPS) is 11.8. The van der Waals surface area contributed by atoms with Crippen LogP contribution in [0.15, 0.2) is 21.7 Å². The lowest BCUT2D eigenvalue weighted by Gasteiger charge is -2.15. The van der Waals surface area contributed by atoms with Crippen molar-refractivity contribution in [3.63, 3.8) is 0 Å². The topological polar surface area (TPSA) is 56.9 Å². The summed E-state index contributed by atoms with van der Waals surface area (Å²) in [6, 6.07) is 2.12. The number of hydrogen-bond acceptors (Lipinski definition) is 3. The van der Waals surface area contributed by atoms with Crippen LogP contribution in [0.3, 0.4) is 0 Å². The number of alkyl halides is 3. The molecule has 0 saturated carbocycles. The van der Waals surface area contributed by atoms with Crippen molar-refractivity contribution in [3.05, 3.63) is 55.5 Å². The van der Waals surface area contributed by atoms with Crippen molar-refractivity contribution in [3.8, 4) is 5.82 Å². The largest absolute Gasteiger partial charge is 0.418 e. The molecule has 0 spiro atoms. The average molecular weight is 313 g/mol. The minimum atomic E-state index is -4.54. The van der Waals surface area contributed by atoms with Gasteiger partial charge in [0.25, 0.3) is 5.56 Å². The molecule has 0 aromatic carbocycles. The fraction of sp³-hybridized carbons (Fsp3) is 0.357. The monoisotopic (exact) mass is 313 g/mol. The summed E-state index contributed by atoms with van der Waals surface area (Å²) in [5, 5.41) is 0. The van der Waals surface area contributed by atoms with Crippen molar-refractivity contribution in [1.82, 2.24) is 14.1 Å². The molecule has 0 N–H and O–H groups in total. The Morgan fingerprint density at radius 1 is 1.09 bits per heavy atom. The van der Waals surface area contributed by atoms with Gasteiger partial charge in [0.15, 0.2) is 0 Å². The molecule has 118 valence electrons. The van der Waals surface area contributed by atoms with Gasteiger partial charge in [-0.3, -0.25) is 4.79 Å². The highest BCUT2D eigenvalue weighted by molar-refractivity contribution is 5.39. The summed E-state index contributed by atoms with van der Waals surface area (Å²) in [5.41, 5.74) is -1.91. The van der Waals surface area contributed by atoms with E-state index in [1.807, 2.05) is 0 Å². The van der Waals surface area contributed by atoms with Gasteiger partial charge in [-0.2, -0.15) is 13.2 Å². The second-order valence-electron chi connectivity index (χ2n) is 5.06. The number of nitrogens with zero attached hydrogens (tertiary/aromatic N) is 3. The molecular weight excluding hydrogens is 299 g/mol. The first kappa shape index (κ1) is 16.0. The third-order valence-electron chi connectivity index (χ3n) is 3.45. The van der Waals surface area contributed by atoms with E-state index in [0.717, 1.165) is 10.6 Å². The Hall–Kier alpha value is -2.38. The second kappa shape index (κ2) is 5.11. The Labute approximate surface area is 123 Å². The molecule has 2 aromatic rings. The summed E-state index contributed by atoms with van der Waals surface area (Å²) >= 11 is 0. The van der Waals surface area contributed by atoms with E-state index in [9.17, 15) is 22.8 Å². The highest BCUT2D eigenvalue weighted by Gasteiger charge is 2.34. The smallest absolute Gasteiger partial charge is 0.301 e. The van der Waals surface area contributed by atoms with Gasteiger partial charge in [0.2, 0.25) is 0 Å². The third kappa shape index (κ3) is 2.56. The summed E-state index contributed by atoms with van der Waals surface area (Å²) in [4.78, 5) is 28.1. The predicted molar refractivity (Wildman–Crippen MR) is 74.3 cm³/mol. The van der Waals surface area contributed by atoms with Crippen LogP contribution >= 0.6 is 0 Å². The van der Waals surface area contributed by atoms with Crippen LogP contribution in [0.4, 0.5) is 13.2 Å². The summed E-state index contributed by atoms with van der Waals surface area (Å²) in [5.74, 6) is -0.0869. The zero-order valence-corrected chi connectivity index (χ0v) is 12.4. The van der Waals surface area contributed by atoms with Crippen LogP contribution in [0.25, 0.3) is 5.82 Å². The first-order valence-corrected chi connectivity index (χ1v) is 6.39. The zero-order valence-electron chi connectivity index (χ0n) is 12.4. The van der Waals surface area contributed by atoms with Crippen LogP contribution in [0.1, 0.15) is 22.5 Å². The van der Waals surface area contributed by atoms with Crippen LogP contribution in [0, 0.1) is 20.8 Å². The van der Waals surface area contributed by atoms with Gasteiger partial charge in [0.05, 0.1) is 11.3 Å². The molecule has 0 radical (unpaired) electrons. The van der Waals surface area contributed by atoms with E-state index >= 15 is 0 Å². The molecule has 8 heteroatoms. The minimum Gasteiger partial charge on any atom is -0.301 e. The quantitative estimate of drug-likeness (QED) is 0.808. The molecule has 0 amide bonds. The van der Waals surface area contributed by atoms with Crippen LogP contribution in [0.5, 0.6) is 0 Å². The predicted octanol–water partition coefficient (Wildman–Crippen LogP) is 1.88. The third-order valence-corrected chi connectivity index (χ3v) is 3.45. The standard InChI is InChI=1S/C14H14F3N3O2/c1-7-5-10(14(15,16)17)9(3)18-12(7)20-11(21)6-8(2)19(4)13(20)22/h5-6H,1-4H3. The first-order chi connectivity index (χ1) is 10.0. The van der Waals surface area contributed by atoms with Gasteiger partial charge in [0, 0.05) is 18.8 Å². The minimum absolute atomic E-state index is 0.0869. The highest BCUT2D eigenvalue weighted by atomic mass is 19.4. The molecule has 0 fully saturated rings. The summed E-state index contributed by atoms with van der Waals surface area (Å²) < 4.78 is 40.6. The Bertz CT molecular complexity index is 863. The molecule has 0 saturated heterocycles. The maximum absolute atomic E-state index is 12.9. The lowest BCUT2D eigenvalue weighted by molar-refractivity contribution is -0.138. The second-order valence-corrected chi connectivity index (χ2v) is 5.06. The molecule has 0 unspecified atom stereocenters. The van der Waals surface area contributed by atoms with E-state index in [1.54, 1.807) is 6.92 Å². The number of hydrogen-bond donors (Lipinski definition) is 0. The Morgan fingerprint density at radius 2 is 1.68 bits per heavy atom. The van der Waals surface area contributed by atoms with Gasteiger partial charge in [-0.1, -0.05) is 0 Å². The van der Waals surface area contributed by atoms with E-state index in [2.05, 4.69) is 4.98 Å². The molecule has 2 aromatic heterocycles. The number of aromatic nitrogens is 3. The van der Waals surface area contributed by atoms with E-state index in [4.69, 9.17) is 0 Å². The number of halogens is 3. The molecule has 0 bridgehead atoms. The Morgan fingerprint density at radius 3 is 2.23 bits per heavy atom. The maximum atomic E-state index is 12.9. The van der Waals surface area contributed by atoms with E-state index in [0.29, 0.717) is 5.69 Å². The van der Waals surface area contributed by atoms with Crippen molar-refractivity contribution in [2.75, 3.05) is 0 Å². The molecule has 0 atom stereocenters. The number of pyridine rings is 1. The summed E-state index contributed by atoms with van der Waals surface area (Å²) in [7, 11) is 1.47. The van der Waals surface area contributed by atoms with Crippen LogP contribution in [-0.4, -0.2) is 14.1 Å². The van der Waals surface area contributed by atoms with Gasteiger partial charge in [-0.25, -0.2) is 14.3 Å². The zero-order chi connectivity index (χ0) is 16.8. The Kier molecular flexibility index (Phi) is 3.72. The number of rotatable bonds is 1. The highest BCUT2D eigenvalue weighted by Crippen LogP contribution is 2.32. The van der Waals surface area contributed by atoms with Gasteiger partial charge in [-0.05, 0) is 32.4 Å². The van der Waals surface area contributed by atoms with Crippen LogP contribution in [-0.2, 0) is 13.2 Å². The fourth-order valence-corrected chi connectivity index (χ4v) is 2.14. The van der Waals surface area contributed by atoms with E-state index < -0.39 is 23.0 Å². The van der Waals surface area contributed by atoms with Crippen molar-refractivity contribution in [2.24, 2.45) is 7.05 Å². The number of aryl methyl sites for hydroxylation is 3. The van der Waals surface area contributed by atoms with Crippen molar-refractivity contribution in [2.45, 2.75) is 26.9 Å². The van der Waals surface area contributed by atoms with E-state index in [1.165, 1.54) is 31.5 Å². The molecule has 5 nitrogen and oxygen atoms in total. The molecule has 0 aliphatic carbocycles. The van der Waals surface area contributed by atoms with Crippen LogP contribution < -0.4 is 11.2 Å². The van der Waals surface area contributed by atoms with Gasteiger partial charge >= 0.3 is 11.9 Å². The van der Waals surface area contributed by atoms with Gasteiger partial charge in [-0.15, -0.1) is 0 Å². The van der Waals surface area contributed by atoms with Crippen molar-refractivity contribution >= 4 is 0 Å². The fourth-order valence-electron chi connectivity index (χ4n) is 2.14. The molecule has 2 heterocycles. The lowest BCUT2D eigenvalue weighted by Crippen LogP contribution is -2.39. The first-order valence-electron chi connectivity index (χ1n) is 6.39. The maximum Gasteiger partial charge on any atom is 0.418 e.